The molecule has 33 heavy (non-hydrogen) atoms. The first-order chi connectivity index (χ1) is 15.6. The molecule has 4 rings (SSSR count). The van der Waals surface area contributed by atoms with Crippen LogP contribution < -0.4 is 15.0 Å². The molecular weight excluding hydrogens is 440 g/mol. The molecule has 0 saturated carbocycles. The van der Waals surface area contributed by atoms with E-state index in [-0.39, 0.29) is 29.5 Å². The molecule has 1 atom stereocenters. The van der Waals surface area contributed by atoms with E-state index in [1.54, 1.807) is 4.90 Å². The second kappa shape index (κ2) is 8.55. The summed E-state index contributed by atoms with van der Waals surface area (Å²) >= 11 is 1.08. The molecule has 1 N–H and O–H groups in total. The zero-order valence-electron chi connectivity index (χ0n) is 19.3. The molecule has 0 radical (unpaired) electrons. The Hall–Kier alpha value is -3.33. The summed E-state index contributed by atoms with van der Waals surface area (Å²) in [4.78, 5) is 38.5. The van der Waals surface area contributed by atoms with E-state index in [2.05, 4.69) is 10.4 Å². The van der Waals surface area contributed by atoms with E-state index in [1.807, 2.05) is 57.2 Å². The van der Waals surface area contributed by atoms with Crippen molar-refractivity contribution in [2.75, 3.05) is 18.1 Å². The van der Waals surface area contributed by atoms with Crippen molar-refractivity contribution in [2.45, 2.75) is 39.5 Å². The molecule has 0 aromatic heterocycles. The molecular formula is C24H26N4O4S. The van der Waals surface area contributed by atoms with E-state index < -0.39 is 4.87 Å². The molecule has 0 aliphatic carbocycles. The van der Waals surface area contributed by atoms with E-state index in [1.165, 1.54) is 18.9 Å². The van der Waals surface area contributed by atoms with Crippen molar-refractivity contribution < 1.29 is 19.1 Å². The lowest BCUT2D eigenvalue weighted by atomic mass is 10.0. The minimum Gasteiger partial charge on any atom is -0.491 e. The quantitative estimate of drug-likeness (QED) is 0.747. The lowest BCUT2D eigenvalue weighted by molar-refractivity contribution is -0.139. The number of amidine groups is 1. The maximum absolute atomic E-state index is 14.0. The van der Waals surface area contributed by atoms with Gasteiger partial charge in [-0.2, -0.15) is 5.01 Å². The Kier molecular flexibility index (Phi) is 5.92. The van der Waals surface area contributed by atoms with Gasteiger partial charge in [0.25, 0.3) is 5.91 Å². The number of carbonyl (C=O) groups excluding carboxylic acids is 3. The summed E-state index contributed by atoms with van der Waals surface area (Å²) < 4.78 is 5.96. The molecule has 2 aromatic rings. The van der Waals surface area contributed by atoms with Crippen LogP contribution in [0.1, 0.15) is 36.1 Å². The monoisotopic (exact) mass is 466 g/mol. The third-order valence-corrected chi connectivity index (χ3v) is 6.84. The molecule has 9 heteroatoms. The smallest absolute Gasteiger partial charge is 0.270 e. The number of rotatable bonds is 4. The number of fused-ring (bicyclic) bond motifs is 2. The van der Waals surface area contributed by atoms with E-state index in [9.17, 15) is 14.4 Å². The Bertz CT molecular complexity index is 1190. The van der Waals surface area contributed by atoms with Crippen LogP contribution in [-0.2, 0) is 19.3 Å². The normalized spacial score (nSPS) is 19.1. The summed E-state index contributed by atoms with van der Waals surface area (Å²) in [5, 5.41) is 8.33. The number of benzene rings is 2. The van der Waals surface area contributed by atoms with Gasteiger partial charge in [-0.3, -0.25) is 14.4 Å². The van der Waals surface area contributed by atoms with E-state index in [0.29, 0.717) is 12.1 Å². The number of anilines is 1. The number of hydrogen-bond donors (Lipinski definition) is 1. The number of nitrogens with one attached hydrogen (secondary N) is 1. The number of hydrogen-bond acceptors (Lipinski definition) is 6. The first kappa shape index (κ1) is 22.8. The van der Waals surface area contributed by atoms with Gasteiger partial charge in [-0.05, 0) is 49.7 Å². The molecule has 2 heterocycles. The molecule has 2 aliphatic rings. The fraction of sp³-hybridized carbons (Fsp3) is 0.333. The summed E-state index contributed by atoms with van der Waals surface area (Å²) in [6.07, 6.45) is 0. The summed E-state index contributed by atoms with van der Waals surface area (Å²) in [7, 11) is 0. The van der Waals surface area contributed by atoms with Crippen LogP contribution >= 0.6 is 11.8 Å². The highest BCUT2D eigenvalue weighted by molar-refractivity contribution is 8.15. The standard InChI is InChI=1S/C24H26N4O4S/c1-14-12-16(3)21-19(13-14)24(28(18(5)30)26-23(33-24)25-17(4)29)22(31)27(21)10-11-32-20-9-7-6-8-15(20)2/h6-9,12-13H,10-11H2,1-5H3,(H,25,26,29)/t24-/m1/s1. The number of aryl methyl sites for hydroxylation is 3. The Balaban J connectivity index is 1.72. The number of amides is 3. The fourth-order valence-electron chi connectivity index (χ4n) is 4.32. The maximum atomic E-state index is 14.0. The Morgan fingerprint density at radius 1 is 1.12 bits per heavy atom. The number of thioether (sulfide) groups is 1. The van der Waals surface area contributed by atoms with Crippen molar-refractivity contribution in [3.63, 3.8) is 0 Å². The Morgan fingerprint density at radius 2 is 1.85 bits per heavy atom. The molecule has 0 saturated heterocycles. The zero-order chi connectivity index (χ0) is 23.9. The van der Waals surface area contributed by atoms with Gasteiger partial charge in [-0.25, -0.2) is 0 Å². The average molecular weight is 467 g/mol. The van der Waals surface area contributed by atoms with E-state index >= 15 is 0 Å². The summed E-state index contributed by atoms with van der Waals surface area (Å²) in [6.45, 7) is 9.16. The van der Waals surface area contributed by atoms with Crippen molar-refractivity contribution >= 4 is 40.3 Å². The SMILES string of the molecule is CC(=O)NC1=NN(C(C)=O)[C@]2(S1)C(=O)N(CCOc1ccccc1C)c1c(C)cc(C)cc12. The summed E-state index contributed by atoms with van der Waals surface area (Å²) in [5.74, 6) is -0.240. The highest BCUT2D eigenvalue weighted by Gasteiger charge is 2.61. The highest BCUT2D eigenvalue weighted by atomic mass is 32.2. The molecule has 2 aromatic carbocycles. The van der Waals surface area contributed by atoms with Gasteiger partial charge in [-0.1, -0.05) is 35.9 Å². The van der Waals surface area contributed by atoms with Crippen LogP contribution in [0.25, 0.3) is 0 Å². The van der Waals surface area contributed by atoms with Gasteiger partial charge in [0, 0.05) is 19.4 Å². The first-order valence-corrected chi connectivity index (χ1v) is 11.4. The van der Waals surface area contributed by atoms with Crippen LogP contribution in [0.5, 0.6) is 5.75 Å². The van der Waals surface area contributed by atoms with Gasteiger partial charge in [-0.15, -0.1) is 5.10 Å². The second-order valence-corrected chi connectivity index (χ2v) is 9.39. The topological polar surface area (TPSA) is 91.3 Å². The van der Waals surface area contributed by atoms with Crippen LogP contribution in [0.4, 0.5) is 5.69 Å². The lowest BCUT2D eigenvalue weighted by Gasteiger charge is -2.29. The molecule has 8 nitrogen and oxygen atoms in total. The highest BCUT2D eigenvalue weighted by Crippen LogP contribution is 2.55. The lowest BCUT2D eigenvalue weighted by Crippen LogP contribution is -2.49. The van der Waals surface area contributed by atoms with Crippen molar-refractivity contribution in [2.24, 2.45) is 5.10 Å². The molecule has 1 spiro atoms. The average Bonchev–Trinajstić information content (AvgIpc) is 3.21. The maximum Gasteiger partial charge on any atom is 0.270 e. The van der Waals surface area contributed by atoms with Crippen LogP contribution in [0.3, 0.4) is 0 Å². The molecule has 2 aliphatic heterocycles. The third-order valence-electron chi connectivity index (χ3n) is 5.60. The van der Waals surface area contributed by atoms with Gasteiger partial charge in [0.15, 0.2) is 5.17 Å². The van der Waals surface area contributed by atoms with Gasteiger partial charge >= 0.3 is 0 Å². The number of hydrazone groups is 1. The Morgan fingerprint density at radius 3 is 2.52 bits per heavy atom. The number of carbonyl (C=O) groups is 3. The van der Waals surface area contributed by atoms with Crippen LogP contribution in [0.2, 0.25) is 0 Å². The molecule has 0 bridgehead atoms. The van der Waals surface area contributed by atoms with Crippen molar-refractivity contribution in [3.8, 4) is 5.75 Å². The predicted octanol–water partition coefficient (Wildman–Crippen LogP) is 3.19. The first-order valence-electron chi connectivity index (χ1n) is 10.6. The number of nitrogens with zero attached hydrogens (tertiary/aromatic N) is 3. The molecule has 3 amide bonds. The number of para-hydroxylation sites is 1. The van der Waals surface area contributed by atoms with E-state index in [0.717, 1.165) is 39.9 Å². The van der Waals surface area contributed by atoms with Gasteiger partial charge < -0.3 is 15.0 Å². The van der Waals surface area contributed by atoms with Crippen molar-refractivity contribution in [1.82, 2.24) is 10.3 Å². The largest absolute Gasteiger partial charge is 0.491 e. The van der Waals surface area contributed by atoms with Crippen LogP contribution in [-0.4, -0.2) is 41.0 Å². The van der Waals surface area contributed by atoms with Crippen molar-refractivity contribution in [3.05, 3.63) is 58.7 Å². The minimum atomic E-state index is -1.40. The summed E-state index contributed by atoms with van der Waals surface area (Å²) in [6, 6.07) is 11.6. The number of ether oxygens (including phenoxy) is 1. The molecule has 0 fully saturated rings. The Labute approximate surface area is 197 Å². The zero-order valence-corrected chi connectivity index (χ0v) is 20.1. The predicted molar refractivity (Wildman–Crippen MR) is 128 cm³/mol. The molecule has 0 unspecified atom stereocenters. The van der Waals surface area contributed by atoms with Crippen LogP contribution in [0, 0.1) is 20.8 Å². The molecule has 172 valence electrons. The third kappa shape index (κ3) is 3.86. The second-order valence-electron chi connectivity index (χ2n) is 8.21. The fourth-order valence-corrected chi connectivity index (χ4v) is 5.63. The van der Waals surface area contributed by atoms with Gasteiger partial charge in [0.1, 0.15) is 12.4 Å². The van der Waals surface area contributed by atoms with Gasteiger partial charge in [0.2, 0.25) is 16.7 Å². The van der Waals surface area contributed by atoms with Crippen molar-refractivity contribution in [1.29, 1.82) is 0 Å². The van der Waals surface area contributed by atoms with E-state index in [4.69, 9.17) is 4.74 Å². The van der Waals surface area contributed by atoms with Crippen LogP contribution in [0.15, 0.2) is 41.5 Å². The minimum absolute atomic E-state index is 0.217. The summed E-state index contributed by atoms with van der Waals surface area (Å²) in [5.41, 5.74) is 4.33. The van der Waals surface area contributed by atoms with Gasteiger partial charge in [0.05, 0.1) is 12.2 Å².